The Kier molecular flexibility index (Phi) is 3.23. The molecule has 0 bridgehead atoms. The molecule has 1 aromatic carbocycles. The summed E-state index contributed by atoms with van der Waals surface area (Å²) < 4.78 is 0. The Morgan fingerprint density at radius 1 is 1.28 bits per heavy atom. The smallest absolute Gasteiger partial charge is 0.0487 e. The number of benzene rings is 1. The van der Waals surface area contributed by atoms with Crippen molar-refractivity contribution in [3.05, 3.63) is 57.3 Å². The third kappa shape index (κ3) is 2.00. The van der Waals surface area contributed by atoms with Gasteiger partial charge in [0.05, 0.1) is 0 Å². The van der Waals surface area contributed by atoms with Gasteiger partial charge in [-0.3, -0.25) is 0 Å². The van der Waals surface area contributed by atoms with Crippen molar-refractivity contribution in [2.45, 2.75) is 32.2 Å². The molecule has 0 aliphatic heterocycles. The zero-order valence-corrected chi connectivity index (χ0v) is 11.8. The lowest BCUT2D eigenvalue weighted by atomic mass is 9.73. The second-order valence-corrected chi connectivity index (χ2v) is 6.31. The van der Waals surface area contributed by atoms with Crippen LogP contribution in [0.2, 0.25) is 0 Å². The van der Waals surface area contributed by atoms with Crippen molar-refractivity contribution in [3.63, 3.8) is 0 Å². The predicted octanol–water partition coefficient (Wildman–Crippen LogP) is 4.05. The van der Waals surface area contributed by atoms with E-state index in [0.29, 0.717) is 12.0 Å². The largest absolute Gasteiger partial charge is 0.309 e. The van der Waals surface area contributed by atoms with Gasteiger partial charge in [-0.2, -0.15) is 0 Å². The summed E-state index contributed by atoms with van der Waals surface area (Å²) in [4.78, 5) is 2.88. The van der Waals surface area contributed by atoms with E-state index in [2.05, 4.69) is 55.6 Å². The van der Waals surface area contributed by atoms with Gasteiger partial charge in [0, 0.05) is 21.7 Å². The van der Waals surface area contributed by atoms with Crippen LogP contribution in [0.3, 0.4) is 0 Å². The lowest BCUT2D eigenvalue weighted by molar-refractivity contribution is 0.425. The summed E-state index contributed by atoms with van der Waals surface area (Å²) in [5, 5.41) is 3.67. The van der Waals surface area contributed by atoms with Gasteiger partial charge in [-0.15, -0.1) is 11.3 Å². The average molecular weight is 257 g/mol. The van der Waals surface area contributed by atoms with Gasteiger partial charge in [-0.05, 0) is 43.1 Å². The molecule has 0 saturated heterocycles. The second kappa shape index (κ2) is 4.87. The summed E-state index contributed by atoms with van der Waals surface area (Å²) in [5.41, 5.74) is 3.06. The number of hydrogen-bond acceptors (Lipinski definition) is 2. The number of fused-ring (bicyclic) bond motifs is 1. The van der Waals surface area contributed by atoms with E-state index < -0.39 is 0 Å². The van der Waals surface area contributed by atoms with Crippen molar-refractivity contribution in [1.29, 1.82) is 0 Å². The van der Waals surface area contributed by atoms with Crippen LogP contribution < -0.4 is 5.32 Å². The van der Waals surface area contributed by atoms with E-state index in [9.17, 15) is 0 Å². The van der Waals surface area contributed by atoms with Crippen molar-refractivity contribution in [2.24, 2.45) is 0 Å². The van der Waals surface area contributed by atoms with E-state index in [4.69, 9.17) is 0 Å². The Hall–Kier alpha value is -1.12. The Labute approximate surface area is 113 Å². The minimum Gasteiger partial charge on any atom is -0.309 e. The molecule has 18 heavy (non-hydrogen) atoms. The second-order valence-electron chi connectivity index (χ2n) is 4.99. The first-order valence-electron chi connectivity index (χ1n) is 6.67. The Balaban J connectivity index is 1.89. The zero-order chi connectivity index (χ0) is 12.5. The van der Waals surface area contributed by atoms with Gasteiger partial charge in [0.2, 0.25) is 0 Å². The standard InChI is InChI=1S/C16H19NS/c1-3-17-16(15-9-8-11(2)18-15)14-10-12-6-4-5-7-13(12)14/h4-9,14,16-17H,3,10H2,1-2H3. The van der Waals surface area contributed by atoms with Gasteiger partial charge in [0.1, 0.15) is 0 Å². The molecule has 94 valence electrons. The molecule has 3 rings (SSSR count). The molecule has 0 fully saturated rings. The maximum Gasteiger partial charge on any atom is 0.0487 e. The van der Waals surface area contributed by atoms with Crippen molar-refractivity contribution in [3.8, 4) is 0 Å². The summed E-state index contributed by atoms with van der Waals surface area (Å²) >= 11 is 1.93. The van der Waals surface area contributed by atoms with Crippen LogP contribution in [-0.4, -0.2) is 6.54 Å². The molecule has 1 aliphatic carbocycles. The lowest BCUT2D eigenvalue weighted by Gasteiger charge is -2.36. The SMILES string of the molecule is CCNC(c1ccc(C)s1)C1Cc2ccccc21. The first-order chi connectivity index (χ1) is 8.79. The van der Waals surface area contributed by atoms with Gasteiger partial charge in [0.15, 0.2) is 0 Å². The number of thiophene rings is 1. The third-order valence-corrected chi connectivity index (χ3v) is 4.87. The highest BCUT2D eigenvalue weighted by Gasteiger charge is 2.33. The fraction of sp³-hybridized carbons (Fsp3) is 0.375. The normalized spacial score (nSPS) is 19.1. The van der Waals surface area contributed by atoms with E-state index >= 15 is 0 Å². The molecule has 1 aliphatic rings. The third-order valence-electron chi connectivity index (χ3n) is 3.79. The van der Waals surface area contributed by atoms with Crippen molar-refractivity contribution >= 4 is 11.3 Å². The van der Waals surface area contributed by atoms with Crippen LogP contribution in [0.25, 0.3) is 0 Å². The van der Waals surface area contributed by atoms with Crippen LogP contribution in [0.5, 0.6) is 0 Å². The van der Waals surface area contributed by atoms with E-state index in [0.717, 1.165) is 6.54 Å². The van der Waals surface area contributed by atoms with Gasteiger partial charge in [-0.25, -0.2) is 0 Å². The van der Waals surface area contributed by atoms with Crippen LogP contribution in [0.15, 0.2) is 36.4 Å². The Bertz CT molecular complexity index is 544. The summed E-state index contributed by atoms with van der Waals surface area (Å²) in [6, 6.07) is 13.9. The summed E-state index contributed by atoms with van der Waals surface area (Å²) in [6.45, 7) is 5.41. The topological polar surface area (TPSA) is 12.0 Å². The molecule has 2 heteroatoms. The van der Waals surface area contributed by atoms with Gasteiger partial charge >= 0.3 is 0 Å². The van der Waals surface area contributed by atoms with Crippen molar-refractivity contribution in [2.75, 3.05) is 6.54 Å². The van der Waals surface area contributed by atoms with Crippen LogP contribution in [0.1, 0.15) is 39.8 Å². The van der Waals surface area contributed by atoms with Gasteiger partial charge in [0.25, 0.3) is 0 Å². The highest BCUT2D eigenvalue weighted by atomic mass is 32.1. The van der Waals surface area contributed by atoms with E-state index in [1.165, 1.54) is 27.3 Å². The molecule has 2 atom stereocenters. The molecule has 0 spiro atoms. The number of aryl methyl sites for hydroxylation is 1. The Morgan fingerprint density at radius 2 is 2.11 bits per heavy atom. The average Bonchev–Trinajstić information content (AvgIpc) is 2.76. The number of rotatable bonds is 4. The van der Waals surface area contributed by atoms with Crippen LogP contribution in [-0.2, 0) is 6.42 Å². The quantitative estimate of drug-likeness (QED) is 0.871. The fourth-order valence-corrected chi connectivity index (χ4v) is 3.90. The van der Waals surface area contributed by atoms with Crippen LogP contribution >= 0.6 is 11.3 Å². The minimum atomic E-state index is 0.489. The molecule has 1 N–H and O–H groups in total. The molecule has 2 aromatic rings. The lowest BCUT2D eigenvalue weighted by Crippen LogP contribution is -2.32. The maximum absolute atomic E-state index is 3.67. The van der Waals surface area contributed by atoms with Crippen molar-refractivity contribution < 1.29 is 0 Å². The van der Waals surface area contributed by atoms with Crippen molar-refractivity contribution in [1.82, 2.24) is 5.32 Å². The monoisotopic (exact) mass is 257 g/mol. The first-order valence-corrected chi connectivity index (χ1v) is 7.48. The van der Waals surface area contributed by atoms with Gasteiger partial charge < -0.3 is 5.32 Å². The molecule has 1 heterocycles. The van der Waals surface area contributed by atoms with E-state index in [1.807, 2.05) is 11.3 Å². The number of nitrogens with one attached hydrogen (secondary N) is 1. The molecule has 0 saturated carbocycles. The fourth-order valence-electron chi connectivity index (χ4n) is 2.88. The minimum absolute atomic E-state index is 0.489. The Morgan fingerprint density at radius 3 is 2.78 bits per heavy atom. The molecular formula is C16H19NS. The molecule has 0 radical (unpaired) electrons. The highest BCUT2D eigenvalue weighted by molar-refractivity contribution is 7.12. The summed E-state index contributed by atoms with van der Waals surface area (Å²) in [5.74, 6) is 0.652. The van der Waals surface area contributed by atoms with E-state index in [1.54, 1.807) is 0 Å². The molecule has 0 amide bonds. The van der Waals surface area contributed by atoms with Crippen LogP contribution in [0, 0.1) is 6.92 Å². The van der Waals surface area contributed by atoms with Crippen LogP contribution in [0.4, 0.5) is 0 Å². The van der Waals surface area contributed by atoms with Gasteiger partial charge in [-0.1, -0.05) is 31.2 Å². The number of hydrogen-bond donors (Lipinski definition) is 1. The summed E-state index contributed by atoms with van der Waals surface area (Å²) in [6.07, 6.45) is 1.21. The zero-order valence-electron chi connectivity index (χ0n) is 10.9. The maximum atomic E-state index is 3.67. The molecule has 1 nitrogen and oxygen atoms in total. The predicted molar refractivity (Wildman–Crippen MR) is 78.4 cm³/mol. The first kappa shape index (κ1) is 11.9. The number of likely N-dealkylation sites (N-methyl/N-ethyl adjacent to an activating group) is 1. The molecular weight excluding hydrogens is 238 g/mol. The summed E-state index contributed by atoms with van der Waals surface area (Å²) in [7, 11) is 0. The highest BCUT2D eigenvalue weighted by Crippen LogP contribution is 2.44. The molecule has 1 aromatic heterocycles. The van der Waals surface area contributed by atoms with E-state index in [-0.39, 0.29) is 0 Å². The molecule has 2 unspecified atom stereocenters.